The lowest BCUT2D eigenvalue weighted by atomic mass is 10.1. The van der Waals surface area contributed by atoms with E-state index in [2.05, 4.69) is 37.0 Å². The van der Waals surface area contributed by atoms with E-state index in [0.29, 0.717) is 11.4 Å². The van der Waals surface area contributed by atoms with Crippen LogP contribution in [0.3, 0.4) is 0 Å². The number of aryl methyl sites for hydroxylation is 1. The van der Waals surface area contributed by atoms with Crippen LogP contribution in [-0.2, 0) is 13.0 Å². The molecule has 4 rings (SSSR count). The van der Waals surface area contributed by atoms with Crippen molar-refractivity contribution in [3.63, 3.8) is 0 Å². The van der Waals surface area contributed by atoms with Crippen LogP contribution in [0.5, 0.6) is 0 Å². The summed E-state index contributed by atoms with van der Waals surface area (Å²) in [5.74, 6) is 0.716. The topological polar surface area (TPSA) is 94.2 Å². The van der Waals surface area contributed by atoms with Gasteiger partial charge >= 0.3 is 0 Å². The summed E-state index contributed by atoms with van der Waals surface area (Å²) in [6, 6.07) is 4.18. The van der Waals surface area contributed by atoms with Crippen LogP contribution in [0.25, 0.3) is 11.0 Å². The Hall–Kier alpha value is -2.78. The number of hydrogen-bond acceptors (Lipinski definition) is 7. The first-order valence-electron chi connectivity index (χ1n) is 10.2. The molecule has 0 aliphatic carbocycles. The van der Waals surface area contributed by atoms with Gasteiger partial charge in [0.05, 0.1) is 11.0 Å². The van der Waals surface area contributed by atoms with E-state index in [1.807, 2.05) is 30.6 Å². The fourth-order valence-electron chi connectivity index (χ4n) is 3.90. The number of hydrogen-bond donors (Lipinski definition) is 2. The van der Waals surface area contributed by atoms with Crippen molar-refractivity contribution in [2.75, 3.05) is 31.6 Å². The first-order chi connectivity index (χ1) is 14.5. The largest absolute Gasteiger partial charge is 0.353 e. The number of thiazole rings is 1. The van der Waals surface area contributed by atoms with Gasteiger partial charge in [-0.1, -0.05) is 6.92 Å². The minimum atomic E-state index is -0.148. The van der Waals surface area contributed by atoms with Gasteiger partial charge in [0, 0.05) is 56.4 Å². The number of aromatic nitrogens is 3. The number of rotatable bonds is 5. The van der Waals surface area contributed by atoms with Crippen molar-refractivity contribution in [3.8, 4) is 0 Å². The van der Waals surface area contributed by atoms with Gasteiger partial charge in [-0.05, 0) is 31.0 Å². The van der Waals surface area contributed by atoms with Crippen LogP contribution in [0.4, 0.5) is 5.82 Å². The zero-order valence-corrected chi connectivity index (χ0v) is 18.3. The molecule has 1 saturated heterocycles. The third-order valence-corrected chi connectivity index (χ3v) is 6.36. The van der Waals surface area contributed by atoms with Crippen molar-refractivity contribution in [1.82, 2.24) is 25.2 Å². The molecule has 9 heteroatoms. The number of anilines is 1. The molecule has 3 aromatic rings. The first kappa shape index (κ1) is 20.5. The maximum atomic E-state index is 12.1. The molecule has 30 heavy (non-hydrogen) atoms. The Bertz CT molecular complexity index is 1120. The average Bonchev–Trinajstić information content (AvgIpc) is 3.22. The molecule has 3 aromatic heterocycles. The van der Waals surface area contributed by atoms with Gasteiger partial charge in [0.15, 0.2) is 5.01 Å². The normalized spacial score (nSPS) is 17.4. The number of amides is 1. The van der Waals surface area contributed by atoms with Crippen LogP contribution in [-0.4, -0.2) is 58.5 Å². The fraction of sp³-hybridized carbons (Fsp3) is 0.429. The lowest BCUT2D eigenvalue weighted by molar-refractivity contribution is 0.0962. The molecule has 1 fully saturated rings. The Balaban J connectivity index is 1.44. The van der Waals surface area contributed by atoms with Crippen molar-refractivity contribution in [2.45, 2.75) is 32.9 Å². The van der Waals surface area contributed by atoms with E-state index in [-0.39, 0.29) is 17.5 Å². The second-order valence-electron chi connectivity index (χ2n) is 7.62. The Labute approximate surface area is 179 Å². The van der Waals surface area contributed by atoms with Gasteiger partial charge in [-0.25, -0.2) is 4.98 Å². The van der Waals surface area contributed by atoms with E-state index in [4.69, 9.17) is 0 Å². The molecule has 2 N–H and O–H groups in total. The Morgan fingerprint density at radius 3 is 2.93 bits per heavy atom. The summed E-state index contributed by atoms with van der Waals surface area (Å²) in [6.45, 7) is 7.54. The van der Waals surface area contributed by atoms with E-state index < -0.39 is 0 Å². The second kappa shape index (κ2) is 8.53. The highest BCUT2D eigenvalue weighted by molar-refractivity contribution is 7.12. The van der Waals surface area contributed by atoms with Crippen LogP contribution in [0.15, 0.2) is 28.5 Å². The van der Waals surface area contributed by atoms with E-state index in [0.717, 1.165) is 54.2 Å². The van der Waals surface area contributed by atoms with Crippen molar-refractivity contribution in [1.29, 1.82) is 0 Å². The van der Waals surface area contributed by atoms with Crippen LogP contribution >= 0.6 is 11.3 Å². The molecule has 0 radical (unpaired) electrons. The number of carbonyl (C=O) groups excluding carboxylic acids is 1. The molecule has 0 aromatic carbocycles. The van der Waals surface area contributed by atoms with E-state index in [1.54, 1.807) is 7.05 Å². The van der Waals surface area contributed by atoms with E-state index >= 15 is 0 Å². The molecule has 4 heterocycles. The fourth-order valence-corrected chi connectivity index (χ4v) is 4.66. The highest BCUT2D eigenvalue weighted by Crippen LogP contribution is 2.24. The van der Waals surface area contributed by atoms with Gasteiger partial charge in [0.25, 0.3) is 11.5 Å². The SMILES string of the molecule is CCc1cc2ncc(CN3CCN(c4csc(C(=O)NC)n4)C(C)C3)cc2[nH]c1=O. The monoisotopic (exact) mass is 426 g/mol. The number of pyridine rings is 2. The summed E-state index contributed by atoms with van der Waals surface area (Å²) in [4.78, 5) is 40.5. The quantitative estimate of drug-likeness (QED) is 0.648. The van der Waals surface area contributed by atoms with Gasteiger partial charge in [0.1, 0.15) is 5.82 Å². The van der Waals surface area contributed by atoms with Gasteiger partial charge in [0.2, 0.25) is 0 Å². The average molecular weight is 427 g/mol. The molecular formula is C21H26N6O2S. The van der Waals surface area contributed by atoms with Gasteiger partial charge in [-0.2, -0.15) is 0 Å². The van der Waals surface area contributed by atoms with Gasteiger partial charge < -0.3 is 15.2 Å². The molecule has 1 atom stereocenters. The molecule has 1 unspecified atom stereocenters. The molecule has 1 aliphatic heterocycles. The molecular weight excluding hydrogens is 400 g/mol. The Morgan fingerprint density at radius 2 is 2.20 bits per heavy atom. The zero-order valence-electron chi connectivity index (χ0n) is 17.4. The minimum Gasteiger partial charge on any atom is -0.353 e. The minimum absolute atomic E-state index is 0.0365. The molecule has 0 saturated carbocycles. The maximum absolute atomic E-state index is 12.1. The highest BCUT2D eigenvalue weighted by Gasteiger charge is 2.26. The lowest BCUT2D eigenvalue weighted by Crippen LogP contribution is -2.51. The smallest absolute Gasteiger partial charge is 0.280 e. The van der Waals surface area contributed by atoms with Crippen molar-refractivity contribution >= 4 is 34.1 Å². The number of piperazine rings is 1. The van der Waals surface area contributed by atoms with Crippen molar-refractivity contribution in [3.05, 3.63) is 50.2 Å². The van der Waals surface area contributed by atoms with Crippen LogP contribution in [0.2, 0.25) is 0 Å². The molecule has 1 aliphatic rings. The van der Waals surface area contributed by atoms with Gasteiger partial charge in [-0.15, -0.1) is 11.3 Å². The Kier molecular flexibility index (Phi) is 5.83. The summed E-state index contributed by atoms with van der Waals surface area (Å²) < 4.78 is 0. The zero-order chi connectivity index (χ0) is 21.3. The molecule has 1 amide bonds. The second-order valence-corrected chi connectivity index (χ2v) is 8.48. The highest BCUT2D eigenvalue weighted by atomic mass is 32.1. The standard InChI is InChI=1S/C21H26N6O2S/c1-4-15-8-16-17(24-19(15)28)7-14(9-23-16)11-26-5-6-27(13(2)10-26)18-12-30-21(25-18)20(29)22-3/h7-9,12-13H,4-6,10-11H2,1-3H3,(H,22,29)(H,24,28). The van der Waals surface area contributed by atoms with E-state index in [9.17, 15) is 9.59 Å². The van der Waals surface area contributed by atoms with Crippen LogP contribution in [0, 0.1) is 0 Å². The predicted octanol–water partition coefficient (Wildman–Crippen LogP) is 2.01. The number of aromatic amines is 1. The number of nitrogens with one attached hydrogen (secondary N) is 2. The Morgan fingerprint density at radius 1 is 1.37 bits per heavy atom. The van der Waals surface area contributed by atoms with Gasteiger partial charge in [-0.3, -0.25) is 19.5 Å². The third kappa shape index (κ3) is 4.08. The summed E-state index contributed by atoms with van der Waals surface area (Å²) in [5.41, 5.74) is 3.41. The van der Waals surface area contributed by atoms with Crippen molar-refractivity contribution in [2.24, 2.45) is 0 Å². The molecule has 158 valence electrons. The third-order valence-electron chi connectivity index (χ3n) is 5.53. The number of nitrogens with zero attached hydrogens (tertiary/aromatic N) is 4. The number of fused-ring (bicyclic) bond motifs is 1. The molecule has 8 nitrogen and oxygen atoms in total. The molecule has 0 spiro atoms. The summed E-state index contributed by atoms with van der Waals surface area (Å²) in [6.07, 6.45) is 2.59. The van der Waals surface area contributed by atoms with Crippen LogP contribution in [0.1, 0.15) is 34.8 Å². The summed E-state index contributed by atoms with van der Waals surface area (Å²) in [7, 11) is 1.62. The molecule has 0 bridgehead atoms. The predicted molar refractivity (Wildman–Crippen MR) is 119 cm³/mol. The number of H-pyrrole nitrogens is 1. The maximum Gasteiger partial charge on any atom is 0.280 e. The van der Waals surface area contributed by atoms with Crippen LogP contribution < -0.4 is 15.8 Å². The summed E-state index contributed by atoms with van der Waals surface area (Å²) in [5, 5.41) is 5.06. The van der Waals surface area contributed by atoms with E-state index in [1.165, 1.54) is 11.3 Å². The summed E-state index contributed by atoms with van der Waals surface area (Å²) >= 11 is 1.37. The number of carbonyl (C=O) groups is 1. The van der Waals surface area contributed by atoms with Crippen molar-refractivity contribution < 1.29 is 4.79 Å². The lowest BCUT2D eigenvalue weighted by Gasteiger charge is -2.40. The first-order valence-corrected chi connectivity index (χ1v) is 11.0.